The summed E-state index contributed by atoms with van der Waals surface area (Å²) in [5.41, 5.74) is 12.8. The molecule has 0 aliphatic rings. The maximum absolute atomic E-state index is 4.96. The molecule has 0 fully saturated rings. The summed E-state index contributed by atoms with van der Waals surface area (Å²) < 4.78 is 0. The van der Waals surface area contributed by atoms with Crippen molar-refractivity contribution in [2.45, 2.75) is 27.7 Å². The largest absolute Gasteiger partial charge is 0.372 e. The second kappa shape index (κ2) is 16.1. The van der Waals surface area contributed by atoms with Gasteiger partial charge in [-0.1, -0.05) is 66.7 Å². The van der Waals surface area contributed by atoms with Crippen LogP contribution in [0.25, 0.3) is 11.1 Å². The number of hydrogen-bond donors (Lipinski definition) is 1. The van der Waals surface area contributed by atoms with Gasteiger partial charge in [-0.3, -0.25) is 5.43 Å². The number of rotatable bonds is 14. The molecule has 0 spiro atoms. The predicted octanol–water partition coefficient (Wildman–Crippen LogP) is 9.66. The summed E-state index contributed by atoms with van der Waals surface area (Å²) in [6.07, 6.45) is 3.78. The Bertz CT molecular complexity index is 1700. The molecule has 0 atom stereocenters. The van der Waals surface area contributed by atoms with Gasteiger partial charge in [0.1, 0.15) is 0 Å². The van der Waals surface area contributed by atoms with Crippen LogP contribution in [0.1, 0.15) is 38.8 Å². The van der Waals surface area contributed by atoms with E-state index in [-0.39, 0.29) is 0 Å². The average Bonchev–Trinajstić information content (AvgIpc) is 3.11. The summed E-state index contributed by atoms with van der Waals surface area (Å²) in [7, 11) is 0. The molecule has 6 nitrogen and oxygen atoms in total. The Kier molecular flexibility index (Phi) is 11.2. The molecule has 234 valence electrons. The first kappa shape index (κ1) is 32.0. The maximum atomic E-state index is 4.96. The zero-order valence-corrected chi connectivity index (χ0v) is 27.3. The van der Waals surface area contributed by atoms with Gasteiger partial charge in [-0.25, -0.2) is 5.01 Å². The molecule has 0 heterocycles. The van der Waals surface area contributed by atoms with Crippen LogP contribution in [0.5, 0.6) is 0 Å². The van der Waals surface area contributed by atoms with E-state index in [9.17, 15) is 0 Å². The van der Waals surface area contributed by atoms with Crippen molar-refractivity contribution in [2.24, 2.45) is 10.2 Å². The number of benzene rings is 5. The van der Waals surface area contributed by atoms with E-state index in [1.165, 1.54) is 11.4 Å². The van der Waals surface area contributed by atoms with Gasteiger partial charge in [0.2, 0.25) is 0 Å². The summed E-state index contributed by atoms with van der Waals surface area (Å²) in [4.78, 5) is 4.67. The highest BCUT2D eigenvalue weighted by Gasteiger charge is 2.10. The van der Waals surface area contributed by atoms with E-state index in [0.29, 0.717) is 0 Å². The second-order valence-corrected chi connectivity index (χ2v) is 10.9. The average molecular weight is 609 g/mol. The molecule has 0 aliphatic heterocycles. The van der Waals surface area contributed by atoms with Crippen LogP contribution in [-0.2, 0) is 0 Å². The fraction of sp³-hybridized carbons (Fsp3) is 0.200. The Morgan fingerprint density at radius 1 is 0.500 bits per heavy atom. The van der Waals surface area contributed by atoms with Gasteiger partial charge in [-0.2, -0.15) is 10.2 Å². The third kappa shape index (κ3) is 8.21. The molecular weight excluding hydrogens is 564 g/mol. The summed E-state index contributed by atoms with van der Waals surface area (Å²) in [5.74, 6) is 0. The van der Waals surface area contributed by atoms with Gasteiger partial charge in [0.25, 0.3) is 0 Å². The van der Waals surface area contributed by atoms with Crippen LogP contribution in [0, 0.1) is 0 Å². The van der Waals surface area contributed by atoms with Gasteiger partial charge in [-0.15, -0.1) is 0 Å². The van der Waals surface area contributed by atoms with Crippen molar-refractivity contribution in [3.05, 3.63) is 139 Å². The highest BCUT2D eigenvalue weighted by atomic mass is 15.5. The topological polar surface area (TPSA) is 46.5 Å². The van der Waals surface area contributed by atoms with E-state index in [4.69, 9.17) is 5.10 Å². The maximum Gasteiger partial charge on any atom is 0.0658 e. The van der Waals surface area contributed by atoms with Gasteiger partial charge in [-0.05, 0) is 111 Å². The molecule has 6 heteroatoms. The molecule has 0 radical (unpaired) electrons. The number of nitrogens with zero attached hydrogens (tertiary/aromatic N) is 5. The molecule has 46 heavy (non-hydrogen) atoms. The van der Waals surface area contributed by atoms with Crippen molar-refractivity contribution in [1.29, 1.82) is 0 Å². The standard InChI is InChI=1S/C40H44N6/c1-5-44(6-2)37-24-20-32(21-25-37)30-41-43-36-16-12-14-34(28-36)35-15-13-19-40(29-35)46(39-17-10-9-11-18-39)42-31-33-22-26-38(27-23-33)45(7-3)8-4/h9-31,43H,5-8H2,1-4H3/b41-30+,42-31+. The zero-order chi connectivity index (χ0) is 32.1. The van der Waals surface area contributed by atoms with Crippen LogP contribution in [0.2, 0.25) is 0 Å². The Hall–Kier alpha value is -5.36. The van der Waals surface area contributed by atoms with Crippen molar-refractivity contribution in [3.63, 3.8) is 0 Å². The zero-order valence-electron chi connectivity index (χ0n) is 27.3. The minimum absolute atomic E-state index is 0.921. The van der Waals surface area contributed by atoms with Crippen LogP contribution in [0.15, 0.2) is 138 Å². The van der Waals surface area contributed by atoms with Crippen LogP contribution in [0.3, 0.4) is 0 Å². The SMILES string of the molecule is CCN(CC)c1ccc(/C=N/Nc2cccc(-c3cccc(N(/N=C/c4ccc(N(CC)CC)cc4)c4ccccc4)c3)c2)cc1. The monoisotopic (exact) mass is 608 g/mol. The van der Waals surface area contributed by atoms with Crippen LogP contribution >= 0.6 is 0 Å². The van der Waals surface area contributed by atoms with Crippen molar-refractivity contribution in [3.8, 4) is 11.1 Å². The molecule has 0 amide bonds. The lowest BCUT2D eigenvalue weighted by molar-refractivity contribution is 0.866. The number of nitrogens with one attached hydrogen (secondary N) is 1. The second-order valence-electron chi connectivity index (χ2n) is 10.9. The van der Waals surface area contributed by atoms with Gasteiger partial charge < -0.3 is 9.80 Å². The Morgan fingerprint density at radius 3 is 1.61 bits per heavy atom. The van der Waals surface area contributed by atoms with E-state index in [1.807, 2.05) is 47.8 Å². The lowest BCUT2D eigenvalue weighted by atomic mass is 10.0. The smallest absolute Gasteiger partial charge is 0.0658 e. The van der Waals surface area contributed by atoms with E-state index in [2.05, 4.69) is 145 Å². The number of hydrazone groups is 2. The summed E-state index contributed by atoms with van der Waals surface area (Å²) in [6.45, 7) is 12.7. The van der Waals surface area contributed by atoms with Crippen LogP contribution in [-0.4, -0.2) is 38.6 Å². The lowest BCUT2D eigenvalue weighted by Gasteiger charge is -2.21. The highest BCUT2D eigenvalue weighted by Crippen LogP contribution is 2.31. The fourth-order valence-corrected chi connectivity index (χ4v) is 5.46. The summed E-state index contributed by atoms with van der Waals surface area (Å²) >= 11 is 0. The molecule has 0 bridgehead atoms. The third-order valence-electron chi connectivity index (χ3n) is 8.06. The van der Waals surface area contributed by atoms with Gasteiger partial charge >= 0.3 is 0 Å². The third-order valence-corrected chi connectivity index (χ3v) is 8.06. The quantitative estimate of drug-likeness (QED) is 0.101. The normalized spacial score (nSPS) is 11.2. The van der Waals surface area contributed by atoms with Crippen molar-refractivity contribution >= 4 is 40.9 Å². The molecule has 0 unspecified atom stereocenters. The highest BCUT2D eigenvalue weighted by molar-refractivity contribution is 5.83. The molecule has 5 rings (SSSR count). The van der Waals surface area contributed by atoms with Gasteiger partial charge in [0.05, 0.1) is 29.5 Å². The number of para-hydroxylation sites is 1. The Labute approximate surface area is 274 Å². The van der Waals surface area contributed by atoms with E-state index >= 15 is 0 Å². The first-order chi connectivity index (χ1) is 22.6. The van der Waals surface area contributed by atoms with Gasteiger partial charge in [0, 0.05) is 37.6 Å². The molecule has 5 aromatic carbocycles. The Morgan fingerprint density at radius 2 is 1.02 bits per heavy atom. The summed E-state index contributed by atoms with van der Waals surface area (Å²) in [6, 6.07) is 44.1. The van der Waals surface area contributed by atoms with Crippen LogP contribution in [0.4, 0.5) is 28.4 Å². The first-order valence-corrected chi connectivity index (χ1v) is 16.2. The molecule has 0 aliphatic carbocycles. The Balaban J connectivity index is 1.34. The summed E-state index contributed by atoms with van der Waals surface area (Å²) in [5, 5.41) is 11.4. The minimum Gasteiger partial charge on any atom is -0.372 e. The predicted molar refractivity (Wildman–Crippen MR) is 199 cm³/mol. The fourth-order valence-electron chi connectivity index (χ4n) is 5.46. The molecule has 0 saturated heterocycles. The number of anilines is 5. The van der Waals surface area contributed by atoms with E-state index < -0.39 is 0 Å². The van der Waals surface area contributed by atoms with E-state index in [0.717, 1.165) is 65.5 Å². The lowest BCUT2D eigenvalue weighted by Crippen LogP contribution is -2.21. The molecule has 1 N–H and O–H groups in total. The first-order valence-electron chi connectivity index (χ1n) is 16.2. The van der Waals surface area contributed by atoms with Crippen molar-refractivity contribution < 1.29 is 0 Å². The van der Waals surface area contributed by atoms with Crippen molar-refractivity contribution in [2.75, 3.05) is 46.4 Å². The minimum atomic E-state index is 0.921. The van der Waals surface area contributed by atoms with E-state index in [1.54, 1.807) is 0 Å². The molecule has 0 saturated carbocycles. The molecule has 0 aromatic heterocycles. The number of hydrogen-bond acceptors (Lipinski definition) is 6. The van der Waals surface area contributed by atoms with Crippen LogP contribution < -0.4 is 20.2 Å². The van der Waals surface area contributed by atoms with Gasteiger partial charge in [0.15, 0.2) is 0 Å². The molecular formula is C40H44N6. The van der Waals surface area contributed by atoms with Crippen molar-refractivity contribution in [1.82, 2.24) is 0 Å². The molecule has 5 aromatic rings.